The number of sulfonamides is 1. The van der Waals surface area contributed by atoms with Gasteiger partial charge in [-0.3, -0.25) is 9.52 Å². The van der Waals surface area contributed by atoms with E-state index in [1.165, 1.54) is 45.4 Å². The zero-order valence-corrected chi connectivity index (χ0v) is 25.0. The van der Waals surface area contributed by atoms with Gasteiger partial charge in [-0.2, -0.15) is 0 Å². The number of unbranched alkanes of at least 4 members (excludes halogenated alkanes) is 6. The Morgan fingerprint density at radius 3 is 2.27 bits per heavy atom. The van der Waals surface area contributed by atoms with Gasteiger partial charge in [0, 0.05) is 32.3 Å². The standard InChI is InChI=1S/C29H52N3O4S/c1-7-8-9-10-11-12-16-21-32(5,6)23-29(36-24(2)33)27-20-19-25(31(3)4)22-28(27)30-37(34,35)26-17-14-13-15-18-26/h19-20,22,26,29-30H,7-18,21,23H2,1-6H3/q+1. The van der Waals surface area contributed by atoms with Crippen molar-refractivity contribution in [3.05, 3.63) is 23.8 Å². The predicted molar refractivity (Wildman–Crippen MR) is 155 cm³/mol. The highest BCUT2D eigenvalue weighted by Gasteiger charge is 2.32. The van der Waals surface area contributed by atoms with Crippen LogP contribution in [0.3, 0.4) is 0 Å². The molecular weight excluding hydrogens is 486 g/mol. The zero-order chi connectivity index (χ0) is 27.5. The molecule has 1 N–H and O–H groups in total. The lowest BCUT2D eigenvalue weighted by atomic mass is 10.0. The molecule has 0 saturated heterocycles. The predicted octanol–water partition coefficient (Wildman–Crippen LogP) is 6.26. The van der Waals surface area contributed by atoms with Gasteiger partial charge in [0.2, 0.25) is 10.0 Å². The lowest BCUT2D eigenvalue weighted by Gasteiger charge is -2.34. The van der Waals surface area contributed by atoms with E-state index in [2.05, 4.69) is 25.7 Å². The van der Waals surface area contributed by atoms with Gasteiger partial charge >= 0.3 is 5.97 Å². The number of benzene rings is 1. The van der Waals surface area contributed by atoms with Gasteiger partial charge in [-0.1, -0.05) is 64.4 Å². The molecule has 212 valence electrons. The molecule has 0 heterocycles. The van der Waals surface area contributed by atoms with Gasteiger partial charge in [0.15, 0.2) is 6.10 Å². The number of anilines is 2. The minimum Gasteiger partial charge on any atom is -0.452 e. The lowest BCUT2D eigenvalue weighted by molar-refractivity contribution is -0.894. The molecule has 0 bridgehead atoms. The number of hydrogen-bond acceptors (Lipinski definition) is 5. The Bertz CT molecular complexity index is 940. The molecule has 1 fully saturated rings. The maximum atomic E-state index is 13.4. The Hall–Kier alpha value is -1.80. The largest absolute Gasteiger partial charge is 0.452 e. The third-order valence-electron chi connectivity index (χ3n) is 7.48. The molecule has 0 aromatic heterocycles. The second-order valence-corrected chi connectivity index (χ2v) is 13.6. The number of likely N-dealkylation sites (N-methyl/N-ethyl adjacent to an activating group) is 1. The highest BCUT2D eigenvalue weighted by atomic mass is 32.2. The summed E-state index contributed by atoms with van der Waals surface area (Å²) in [6.45, 7) is 5.21. The molecule has 0 spiro atoms. The van der Waals surface area contributed by atoms with Crippen molar-refractivity contribution in [3.63, 3.8) is 0 Å². The Morgan fingerprint density at radius 1 is 1.05 bits per heavy atom. The van der Waals surface area contributed by atoms with E-state index < -0.39 is 16.1 Å². The summed E-state index contributed by atoms with van der Waals surface area (Å²) in [6, 6.07) is 5.73. The van der Waals surface area contributed by atoms with Gasteiger partial charge in [-0.15, -0.1) is 0 Å². The van der Waals surface area contributed by atoms with Crippen LogP contribution in [0.1, 0.15) is 103 Å². The first-order valence-corrected chi connectivity index (χ1v) is 15.8. The molecule has 2 rings (SSSR count). The Balaban J connectivity index is 2.24. The number of carbonyl (C=O) groups excluding carboxylic acids is 1. The van der Waals surface area contributed by atoms with Crippen LogP contribution >= 0.6 is 0 Å². The molecule has 37 heavy (non-hydrogen) atoms. The van der Waals surface area contributed by atoms with E-state index in [1.807, 2.05) is 37.2 Å². The molecule has 1 unspecified atom stereocenters. The van der Waals surface area contributed by atoms with Crippen molar-refractivity contribution < 1.29 is 22.4 Å². The fourth-order valence-electron chi connectivity index (χ4n) is 5.24. The normalized spacial score (nSPS) is 15.8. The average Bonchev–Trinajstić information content (AvgIpc) is 2.83. The summed E-state index contributed by atoms with van der Waals surface area (Å²) in [5, 5.41) is -0.381. The number of quaternary nitrogens is 1. The van der Waals surface area contributed by atoms with Crippen LogP contribution in [-0.4, -0.2) is 65.4 Å². The van der Waals surface area contributed by atoms with E-state index in [0.717, 1.165) is 37.9 Å². The summed E-state index contributed by atoms with van der Waals surface area (Å²) in [5.41, 5.74) is 2.12. The third kappa shape index (κ3) is 10.8. The summed E-state index contributed by atoms with van der Waals surface area (Å²) >= 11 is 0. The van der Waals surface area contributed by atoms with Crippen LogP contribution in [0.25, 0.3) is 0 Å². The van der Waals surface area contributed by atoms with Crippen molar-refractivity contribution in [1.82, 2.24) is 0 Å². The van der Waals surface area contributed by atoms with Gasteiger partial charge < -0.3 is 14.1 Å². The first-order valence-electron chi connectivity index (χ1n) is 14.3. The quantitative estimate of drug-likeness (QED) is 0.153. The topological polar surface area (TPSA) is 75.7 Å². The lowest BCUT2D eigenvalue weighted by Crippen LogP contribution is -2.44. The number of hydrogen-bond donors (Lipinski definition) is 1. The Labute approximate surface area is 226 Å². The van der Waals surface area contributed by atoms with E-state index in [1.54, 1.807) is 0 Å². The maximum Gasteiger partial charge on any atom is 0.303 e. The number of carbonyl (C=O) groups is 1. The van der Waals surface area contributed by atoms with Crippen LogP contribution in [-0.2, 0) is 19.6 Å². The first kappa shape index (κ1) is 31.4. The summed E-state index contributed by atoms with van der Waals surface area (Å²) in [7, 11) is 4.63. The van der Waals surface area contributed by atoms with Crippen LogP contribution in [0, 0.1) is 0 Å². The van der Waals surface area contributed by atoms with Crippen molar-refractivity contribution in [2.75, 3.05) is 50.9 Å². The summed E-state index contributed by atoms with van der Waals surface area (Å²) < 4.78 is 36.2. The van der Waals surface area contributed by atoms with E-state index >= 15 is 0 Å². The number of ether oxygens (including phenoxy) is 1. The van der Waals surface area contributed by atoms with Crippen molar-refractivity contribution in [2.24, 2.45) is 0 Å². The Morgan fingerprint density at radius 2 is 1.68 bits per heavy atom. The summed E-state index contributed by atoms with van der Waals surface area (Å²) in [4.78, 5) is 14.1. The number of esters is 1. The van der Waals surface area contributed by atoms with Gasteiger partial charge in [0.05, 0.1) is 31.6 Å². The van der Waals surface area contributed by atoms with Gasteiger partial charge in [-0.25, -0.2) is 8.42 Å². The highest BCUT2D eigenvalue weighted by Crippen LogP contribution is 2.34. The molecule has 1 aliphatic carbocycles. The monoisotopic (exact) mass is 538 g/mol. The second kappa shape index (κ2) is 15.0. The van der Waals surface area contributed by atoms with Crippen LogP contribution in [0.5, 0.6) is 0 Å². The number of rotatable bonds is 16. The smallest absolute Gasteiger partial charge is 0.303 e. The molecule has 7 nitrogen and oxygen atoms in total. The minimum absolute atomic E-state index is 0.362. The fourth-order valence-corrected chi connectivity index (χ4v) is 6.84. The Kier molecular flexibility index (Phi) is 12.7. The van der Waals surface area contributed by atoms with Crippen molar-refractivity contribution in [2.45, 2.75) is 102 Å². The molecule has 0 aliphatic heterocycles. The summed E-state index contributed by atoms with van der Waals surface area (Å²) in [6.07, 6.45) is 12.6. The molecular formula is C29H52N3O4S+. The molecule has 8 heteroatoms. The van der Waals surface area contributed by atoms with E-state index in [-0.39, 0.29) is 11.2 Å². The third-order valence-corrected chi connectivity index (χ3v) is 9.33. The van der Waals surface area contributed by atoms with Gasteiger partial charge in [-0.05, 0) is 37.8 Å². The van der Waals surface area contributed by atoms with Gasteiger partial charge in [0.25, 0.3) is 0 Å². The van der Waals surface area contributed by atoms with E-state index in [9.17, 15) is 13.2 Å². The van der Waals surface area contributed by atoms with Crippen LogP contribution in [0.15, 0.2) is 18.2 Å². The number of nitrogens with zero attached hydrogens (tertiary/aromatic N) is 2. The maximum absolute atomic E-state index is 13.4. The fraction of sp³-hybridized carbons (Fsp3) is 0.759. The number of nitrogens with one attached hydrogen (secondary N) is 1. The minimum atomic E-state index is -3.55. The molecule has 1 aliphatic rings. The molecule has 1 saturated carbocycles. The van der Waals surface area contributed by atoms with Crippen molar-refractivity contribution in [3.8, 4) is 0 Å². The molecule has 1 atom stereocenters. The molecule has 1 aromatic carbocycles. The SMILES string of the molecule is CCCCCCCCC[N+](C)(C)CC(OC(C)=O)c1ccc(N(C)C)cc1NS(=O)(=O)C1CCCCC1. The highest BCUT2D eigenvalue weighted by molar-refractivity contribution is 7.93. The zero-order valence-electron chi connectivity index (χ0n) is 24.2. The van der Waals surface area contributed by atoms with Crippen molar-refractivity contribution >= 4 is 27.4 Å². The van der Waals surface area contributed by atoms with Crippen LogP contribution < -0.4 is 9.62 Å². The second-order valence-electron chi connectivity index (χ2n) is 11.6. The average molecular weight is 539 g/mol. The molecule has 1 aromatic rings. The van der Waals surface area contributed by atoms with E-state index in [4.69, 9.17) is 4.74 Å². The molecule has 0 amide bonds. The van der Waals surface area contributed by atoms with Crippen LogP contribution in [0.4, 0.5) is 11.4 Å². The summed E-state index contributed by atoms with van der Waals surface area (Å²) in [5.74, 6) is -0.362. The first-order chi connectivity index (χ1) is 17.4. The molecule has 0 radical (unpaired) electrons. The van der Waals surface area contributed by atoms with E-state index in [0.29, 0.717) is 35.1 Å². The van der Waals surface area contributed by atoms with Gasteiger partial charge in [0.1, 0.15) is 6.54 Å². The van der Waals surface area contributed by atoms with Crippen LogP contribution in [0.2, 0.25) is 0 Å². The van der Waals surface area contributed by atoms with Crippen molar-refractivity contribution in [1.29, 1.82) is 0 Å².